The normalized spacial score (nSPS) is 14.3. The van der Waals surface area contributed by atoms with Crippen LogP contribution in [0.1, 0.15) is 47.4 Å². The number of hydrogen-bond acceptors (Lipinski definition) is 3. The number of amides is 1. The van der Waals surface area contributed by atoms with Gasteiger partial charge in [0.15, 0.2) is 0 Å². The highest BCUT2D eigenvalue weighted by Gasteiger charge is 2.15. The molecule has 0 atom stereocenters. The summed E-state index contributed by atoms with van der Waals surface area (Å²) in [6, 6.07) is 12.8. The Morgan fingerprint density at radius 1 is 1.07 bits per heavy atom. The third kappa shape index (κ3) is 3.50. The Kier molecular flexibility index (Phi) is 4.75. The van der Waals surface area contributed by atoms with E-state index in [1.54, 1.807) is 18.2 Å². The summed E-state index contributed by atoms with van der Waals surface area (Å²) in [7, 11) is 0. The van der Waals surface area contributed by atoms with Crippen molar-refractivity contribution in [2.24, 2.45) is 0 Å². The molecule has 27 heavy (non-hydrogen) atoms. The number of anilines is 1. The Morgan fingerprint density at radius 2 is 1.89 bits per heavy atom. The summed E-state index contributed by atoms with van der Waals surface area (Å²) in [6.45, 7) is 2.68. The highest BCUT2D eigenvalue weighted by atomic mass is 16.1. The van der Waals surface area contributed by atoms with E-state index in [9.17, 15) is 9.59 Å². The highest BCUT2D eigenvalue weighted by Crippen LogP contribution is 2.18. The van der Waals surface area contributed by atoms with Crippen LogP contribution in [0, 0.1) is 6.92 Å². The van der Waals surface area contributed by atoms with Gasteiger partial charge in [0.25, 0.3) is 11.5 Å². The first kappa shape index (κ1) is 17.5. The summed E-state index contributed by atoms with van der Waals surface area (Å²) in [6.07, 6.45) is 5.20. The fourth-order valence-corrected chi connectivity index (χ4v) is 3.64. The second kappa shape index (κ2) is 7.35. The minimum absolute atomic E-state index is 0.00256. The van der Waals surface area contributed by atoms with Crippen molar-refractivity contribution in [3.8, 4) is 0 Å². The Labute approximate surface area is 158 Å². The molecule has 4 rings (SSSR count). The zero-order valence-corrected chi connectivity index (χ0v) is 15.5. The van der Waals surface area contributed by atoms with Crippen LogP contribution in [0.25, 0.3) is 10.9 Å². The van der Waals surface area contributed by atoms with Crippen molar-refractivity contribution in [2.75, 3.05) is 5.32 Å². The number of rotatable bonds is 2. The Balaban J connectivity index is 1.71. The lowest BCUT2D eigenvalue weighted by atomic mass is 10.1. The summed E-state index contributed by atoms with van der Waals surface area (Å²) < 4.78 is 1.81. The molecule has 2 aromatic carbocycles. The molecule has 0 unspecified atom stereocenters. The SMILES string of the molecule is Cc1ccccc1NC(=O)c1ccc2c(=O)n3c(nc2c1)CCCCCC3. The van der Waals surface area contributed by atoms with E-state index in [1.807, 2.05) is 35.8 Å². The topological polar surface area (TPSA) is 64.0 Å². The Morgan fingerprint density at radius 3 is 2.74 bits per heavy atom. The van der Waals surface area contributed by atoms with Gasteiger partial charge in [0.05, 0.1) is 10.9 Å². The van der Waals surface area contributed by atoms with Crippen molar-refractivity contribution in [3.05, 3.63) is 69.8 Å². The van der Waals surface area contributed by atoms with E-state index >= 15 is 0 Å². The molecule has 1 aromatic heterocycles. The molecule has 138 valence electrons. The van der Waals surface area contributed by atoms with Gasteiger partial charge in [-0.05, 0) is 49.6 Å². The van der Waals surface area contributed by atoms with Gasteiger partial charge < -0.3 is 5.32 Å². The smallest absolute Gasteiger partial charge is 0.261 e. The number of nitrogens with zero attached hydrogens (tertiary/aromatic N) is 2. The molecule has 0 saturated heterocycles. The molecule has 1 aliphatic heterocycles. The summed E-state index contributed by atoms with van der Waals surface area (Å²) in [5.41, 5.74) is 2.90. The second-order valence-corrected chi connectivity index (χ2v) is 7.15. The van der Waals surface area contributed by atoms with E-state index in [0.717, 1.165) is 49.3 Å². The summed E-state index contributed by atoms with van der Waals surface area (Å²) in [5.74, 6) is 0.642. The number of hydrogen-bond donors (Lipinski definition) is 1. The maximum Gasteiger partial charge on any atom is 0.261 e. The number of para-hydroxylation sites is 1. The van der Waals surface area contributed by atoms with Crippen molar-refractivity contribution < 1.29 is 4.79 Å². The zero-order valence-electron chi connectivity index (χ0n) is 15.5. The van der Waals surface area contributed by atoms with Crippen molar-refractivity contribution in [3.63, 3.8) is 0 Å². The summed E-state index contributed by atoms with van der Waals surface area (Å²) in [5, 5.41) is 3.51. The number of benzene rings is 2. The molecule has 1 N–H and O–H groups in total. The number of aryl methyl sites for hydroxylation is 2. The number of carbonyl (C=O) groups excluding carboxylic acids is 1. The van der Waals surface area contributed by atoms with Gasteiger partial charge in [-0.15, -0.1) is 0 Å². The number of nitrogens with one attached hydrogen (secondary N) is 1. The van der Waals surface area contributed by atoms with Gasteiger partial charge in [-0.1, -0.05) is 31.0 Å². The standard InChI is InChI=1S/C22H23N3O2/c1-15-8-5-6-9-18(15)24-21(26)16-11-12-17-19(14-16)23-20-10-4-2-3-7-13-25(20)22(17)27/h5-6,8-9,11-12,14H,2-4,7,10,13H2,1H3,(H,24,26). The van der Waals surface area contributed by atoms with Crippen LogP contribution >= 0.6 is 0 Å². The molecule has 0 fully saturated rings. The van der Waals surface area contributed by atoms with E-state index in [0.29, 0.717) is 16.5 Å². The molecule has 0 bridgehead atoms. The minimum atomic E-state index is -0.195. The second-order valence-electron chi connectivity index (χ2n) is 7.15. The molecule has 0 radical (unpaired) electrons. The van der Waals surface area contributed by atoms with Crippen molar-refractivity contribution in [1.29, 1.82) is 0 Å². The molecule has 0 aliphatic carbocycles. The first-order valence-electron chi connectivity index (χ1n) is 9.54. The van der Waals surface area contributed by atoms with E-state index in [4.69, 9.17) is 4.98 Å². The average molecular weight is 361 g/mol. The first-order chi connectivity index (χ1) is 13.1. The zero-order chi connectivity index (χ0) is 18.8. The lowest BCUT2D eigenvalue weighted by Gasteiger charge is -2.16. The quantitative estimate of drug-likeness (QED) is 0.748. The van der Waals surface area contributed by atoms with Gasteiger partial charge >= 0.3 is 0 Å². The molecule has 5 heteroatoms. The van der Waals surface area contributed by atoms with Crippen LogP contribution in [-0.4, -0.2) is 15.5 Å². The van der Waals surface area contributed by atoms with E-state index in [1.165, 1.54) is 6.42 Å². The van der Waals surface area contributed by atoms with Gasteiger partial charge in [0.2, 0.25) is 0 Å². The van der Waals surface area contributed by atoms with Gasteiger partial charge in [0, 0.05) is 24.2 Å². The number of aromatic nitrogens is 2. The molecular formula is C22H23N3O2. The minimum Gasteiger partial charge on any atom is -0.322 e. The van der Waals surface area contributed by atoms with Crippen LogP contribution in [0.15, 0.2) is 47.3 Å². The Hall–Kier alpha value is -2.95. The van der Waals surface area contributed by atoms with E-state index < -0.39 is 0 Å². The van der Waals surface area contributed by atoms with Crippen LogP contribution in [-0.2, 0) is 13.0 Å². The fraction of sp³-hybridized carbons (Fsp3) is 0.318. The summed E-state index contributed by atoms with van der Waals surface area (Å²) in [4.78, 5) is 30.3. The maximum atomic E-state index is 12.9. The molecule has 0 saturated carbocycles. The fourth-order valence-electron chi connectivity index (χ4n) is 3.64. The third-order valence-electron chi connectivity index (χ3n) is 5.22. The lowest BCUT2D eigenvalue weighted by Crippen LogP contribution is -2.26. The Bertz CT molecular complexity index is 1070. The molecule has 1 aliphatic rings. The lowest BCUT2D eigenvalue weighted by molar-refractivity contribution is 0.102. The molecule has 1 amide bonds. The van der Waals surface area contributed by atoms with Crippen LogP contribution in [0.3, 0.4) is 0 Å². The predicted octanol–water partition coefficient (Wildman–Crippen LogP) is 4.07. The number of carbonyl (C=O) groups is 1. The van der Waals surface area contributed by atoms with Crippen molar-refractivity contribution in [2.45, 2.75) is 45.6 Å². The molecular weight excluding hydrogens is 338 g/mol. The maximum absolute atomic E-state index is 12.9. The van der Waals surface area contributed by atoms with Gasteiger partial charge in [-0.25, -0.2) is 4.98 Å². The molecule has 0 spiro atoms. The largest absolute Gasteiger partial charge is 0.322 e. The van der Waals surface area contributed by atoms with Crippen LogP contribution < -0.4 is 10.9 Å². The third-order valence-corrected chi connectivity index (χ3v) is 5.22. The summed E-state index contributed by atoms with van der Waals surface area (Å²) >= 11 is 0. The number of fused-ring (bicyclic) bond motifs is 2. The van der Waals surface area contributed by atoms with Crippen LogP contribution in [0.4, 0.5) is 5.69 Å². The highest BCUT2D eigenvalue weighted by molar-refractivity contribution is 6.06. The molecule has 2 heterocycles. The van der Waals surface area contributed by atoms with Gasteiger partial charge in [-0.3, -0.25) is 14.2 Å². The van der Waals surface area contributed by atoms with Crippen molar-refractivity contribution in [1.82, 2.24) is 9.55 Å². The van der Waals surface area contributed by atoms with Gasteiger partial charge in [-0.2, -0.15) is 0 Å². The van der Waals surface area contributed by atoms with Crippen LogP contribution in [0.5, 0.6) is 0 Å². The molecule has 5 nitrogen and oxygen atoms in total. The van der Waals surface area contributed by atoms with Crippen molar-refractivity contribution >= 4 is 22.5 Å². The monoisotopic (exact) mass is 361 g/mol. The van der Waals surface area contributed by atoms with Gasteiger partial charge in [0.1, 0.15) is 5.82 Å². The first-order valence-corrected chi connectivity index (χ1v) is 9.54. The average Bonchev–Trinajstić information content (AvgIpc) is 2.65. The van der Waals surface area contributed by atoms with E-state index in [-0.39, 0.29) is 11.5 Å². The predicted molar refractivity (Wildman–Crippen MR) is 107 cm³/mol. The molecule has 3 aromatic rings. The van der Waals surface area contributed by atoms with E-state index in [2.05, 4.69) is 5.32 Å². The van der Waals surface area contributed by atoms with Crippen LogP contribution in [0.2, 0.25) is 0 Å².